The standard InChI is InChI=1S/C13H16ClN3O2S.ClH/c1-17(13(19)11-7-20-8-15-11)6-12(18)16-10-4-2-3-9(14)5-10;/h2-5,11,15H,6-8H2,1H3,(H,16,18);1H. The molecule has 0 aliphatic carbocycles. The molecule has 1 fully saturated rings. The van der Waals surface area contributed by atoms with Crippen LogP contribution in [-0.2, 0) is 9.59 Å². The van der Waals surface area contributed by atoms with Crippen molar-refractivity contribution in [2.75, 3.05) is 30.5 Å². The zero-order valence-electron chi connectivity index (χ0n) is 11.5. The number of nitrogens with zero attached hydrogens (tertiary/aromatic N) is 1. The highest BCUT2D eigenvalue weighted by atomic mass is 35.5. The molecule has 1 saturated heterocycles. The van der Waals surface area contributed by atoms with Crippen molar-refractivity contribution in [2.45, 2.75) is 6.04 Å². The van der Waals surface area contributed by atoms with Crippen molar-refractivity contribution in [2.24, 2.45) is 0 Å². The van der Waals surface area contributed by atoms with Crippen molar-refractivity contribution in [3.8, 4) is 0 Å². The number of benzene rings is 1. The van der Waals surface area contributed by atoms with E-state index in [9.17, 15) is 9.59 Å². The molecule has 1 aliphatic rings. The maximum absolute atomic E-state index is 12.0. The smallest absolute Gasteiger partial charge is 0.243 e. The molecule has 2 N–H and O–H groups in total. The minimum absolute atomic E-state index is 0. The second kappa shape index (κ2) is 8.48. The van der Waals surface area contributed by atoms with Crippen LogP contribution in [0, 0.1) is 0 Å². The Labute approximate surface area is 139 Å². The normalized spacial score (nSPS) is 17.0. The molecular weight excluding hydrogens is 333 g/mol. The van der Waals surface area contributed by atoms with Crippen molar-refractivity contribution in [1.82, 2.24) is 10.2 Å². The first-order valence-electron chi connectivity index (χ1n) is 6.18. The fourth-order valence-corrected chi connectivity index (χ4v) is 3.00. The minimum Gasteiger partial charge on any atom is -0.335 e. The molecule has 1 aromatic rings. The Bertz CT molecular complexity index is 510. The van der Waals surface area contributed by atoms with Crippen molar-refractivity contribution >= 4 is 53.3 Å². The Morgan fingerprint density at radius 3 is 2.90 bits per heavy atom. The molecule has 2 rings (SSSR count). The zero-order chi connectivity index (χ0) is 14.5. The summed E-state index contributed by atoms with van der Waals surface area (Å²) < 4.78 is 0. The van der Waals surface area contributed by atoms with E-state index in [2.05, 4.69) is 10.6 Å². The van der Waals surface area contributed by atoms with Gasteiger partial charge in [0.25, 0.3) is 0 Å². The van der Waals surface area contributed by atoms with E-state index in [0.717, 1.165) is 11.6 Å². The van der Waals surface area contributed by atoms with Crippen LogP contribution in [-0.4, -0.2) is 48.0 Å². The van der Waals surface area contributed by atoms with Gasteiger partial charge in [-0.25, -0.2) is 0 Å². The molecule has 1 unspecified atom stereocenters. The lowest BCUT2D eigenvalue weighted by molar-refractivity contribution is -0.134. The molecule has 1 atom stereocenters. The van der Waals surface area contributed by atoms with Crippen LogP contribution in [0.5, 0.6) is 0 Å². The molecule has 1 aromatic carbocycles. The fourth-order valence-electron chi connectivity index (χ4n) is 1.88. The minimum atomic E-state index is -0.242. The van der Waals surface area contributed by atoms with Gasteiger partial charge in [-0.15, -0.1) is 24.2 Å². The highest BCUT2D eigenvalue weighted by molar-refractivity contribution is 7.99. The first-order chi connectivity index (χ1) is 9.56. The van der Waals surface area contributed by atoms with E-state index in [0.29, 0.717) is 10.7 Å². The van der Waals surface area contributed by atoms with Gasteiger partial charge >= 0.3 is 0 Å². The van der Waals surface area contributed by atoms with E-state index in [1.807, 2.05) is 0 Å². The number of thioether (sulfide) groups is 1. The van der Waals surface area contributed by atoms with E-state index in [4.69, 9.17) is 11.6 Å². The van der Waals surface area contributed by atoms with Crippen LogP contribution in [0.2, 0.25) is 5.02 Å². The Balaban J connectivity index is 0.00000220. The number of hydrogen-bond acceptors (Lipinski definition) is 4. The number of nitrogens with one attached hydrogen (secondary N) is 2. The summed E-state index contributed by atoms with van der Waals surface area (Å²) in [6.45, 7) is 0.0220. The maximum Gasteiger partial charge on any atom is 0.243 e. The maximum atomic E-state index is 12.0. The quantitative estimate of drug-likeness (QED) is 0.870. The molecule has 116 valence electrons. The zero-order valence-corrected chi connectivity index (χ0v) is 13.9. The van der Waals surface area contributed by atoms with E-state index < -0.39 is 0 Å². The molecule has 0 radical (unpaired) electrons. The van der Waals surface area contributed by atoms with Crippen molar-refractivity contribution in [3.63, 3.8) is 0 Å². The van der Waals surface area contributed by atoms with Gasteiger partial charge in [-0.05, 0) is 18.2 Å². The van der Waals surface area contributed by atoms with Gasteiger partial charge in [0.05, 0.1) is 12.6 Å². The number of anilines is 1. The van der Waals surface area contributed by atoms with Gasteiger partial charge in [0.15, 0.2) is 0 Å². The summed E-state index contributed by atoms with van der Waals surface area (Å²) in [7, 11) is 1.63. The molecule has 1 heterocycles. The molecule has 21 heavy (non-hydrogen) atoms. The molecule has 0 aromatic heterocycles. The lowest BCUT2D eigenvalue weighted by Gasteiger charge is -2.20. The second-order valence-electron chi connectivity index (χ2n) is 4.52. The monoisotopic (exact) mass is 349 g/mol. The summed E-state index contributed by atoms with van der Waals surface area (Å²) in [6.07, 6.45) is 0. The first-order valence-corrected chi connectivity index (χ1v) is 7.71. The average molecular weight is 350 g/mol. The highest BCUT2D eigenvalue weighted by Crippen LogP contribution is 2.15. The molecule has 0 spiro atoms. The predicted octanol–water partition coefficient (Wildman–Crippen LogP) is 1.82. The lowest BCUT2D eigenvalue weighted by atomic mass is 10.3. The number of hydrogen-bond donors (Lipinski definition) is 2. The number of rotatable bonds is 4. The summed E-state index contributed by atoms with van der Waals surface area (Å²) in [6, 6.07) is 6.71. The summed E-state index contributed by atoms with van der Waals surface area (Å²) in [4.78, 5) is 25.4. The van der Waals surface area contributed by atoms with Gasteiger partial charge in [-0.3, -0.25) is 14.9 Å². The Morgan fingerprint density at radius 2 is 2.29 bits per heavy atom. The molecule has 5 nitrogen and oxygen atoms in total. The fraction of sp³-hybridized carbons (Fsp3) is 0.385. The average Bonchev–Trinajstić information content (AvgIpc) is 2.91. The van der Waals surface area contributed by atoms with Gasteiger partial charge in [-0.1, -0.05) is 17.7 Å². The van der Waals surface area contributed by atoms with Gasteiger partial charge in [0, 0.05) is 29.4 Å². The Morgan fingerprint density at radius 1 is 1.52 bits per heavy atom. The SMILES string of the molecule is CN(CC(=O)Nc1cccc(Cl)c1)C(=O)C1CSCN1.Cl. The molecule has 1 aliphatic heterocycles. The first kappa shape index (κ1) is 18.1. The highest BCUT2D eigenvalue weighted by Gasteiger charge is 2.26. The largest absolute Gasteiger partial charge is 0.335 e. The van der Waals surface area contributed by atoms with Gasteiger partial charge in [0.1, 0.15) is 0 Å². The van der Waals surface area contributed by atoms with Crippen LogP contribution in [0.3, 0.4) is 0 Å². The lowest BCUT2D eigenvalue weighted by Crippen LogP contribution is -2.45. The van der Waals surface area contributed by atoms with Gasteiger partial charge in [0.2, 0.25) is 11.8 Å². The van der Waals surface area contributed by atoms with Gasteiger partial charge in [-0.2, -0.15) is 0 Å². The van der Waals surface area contributed by atoms with Crippen LogP contribution >= 0.6 is 35.8 Å². The number of amides is 2. The predicted molar refractivity (Wildman–Crippen MR) is 89.2 cm³/mol. The van der Waals surface area contributed by atoms with Crippen LogP contribution in [0.25, 0.3) is 0 Å². The van der Waals surface area contributed by atoms with Crippen LogP contribution in [0.4, 0.5) is 5.69 Å². The number of carbonyl (C=O) groups excluding carboxylic acids is 2. The van der Waals surface area contributed by atoms with Crippen LogP contribution < -0.4 is 10.6 Å². The Hall–Kier alpha value is -0.950. The summed E-state index contributed by atoms with van der Waals surface area (Å²) in [5, 5.41) is 6.36. The molecule has 8 heteroatoms. The third-order valence-corrected chi connectivity index (χ3v) is 4.05. The van der Waals surface area contributed by atoms with Crippen LogP contribution in [0.1, 0.15) is 0 Å². The van der Waals surface area contributed by atoms with Crippen LogP contribution in [0.15, 0.2) is 24.3 Å². The number of carbonyl (C=O) groups is 2. The third kappa shape index (κ3) is 5.39. The third-order valence-electron chi connectivity index (χ3n) is 2.88. The molecule has 0 saturated carbocycles. The number of halogens is 2. The van der Waals surface area contributed by atoms with Crippen molar-refractivity contribution in [3.05, 3.63) is 29.3 Å². The van der Waals surface area contributed by atoms with E-state index >= 15 is 0 Å². The Kier molecular flexibility index (Phi) is 7.31. The topological polar surface area (TPSA) is 61.4 Å². The van der Waals surface area contributed by atoms with E-state index in [1.54, 1.807) is 43.1 Å². The van der Waals surface area contributed by atoms with Gasteiger partial charge < -0.3 is 10.2 Å². The molecule has 0 bridgehead atoms. The van der Waals surface area contributed by atoms with E-state index in [-0.39, 0.29) is 36.8 Å². The van der Waals surface area contributed by atoms with Crippen molar-refractivity contribution < 1.29 is 9.59 Å². The number of likely N-dealkylation sites (N-methyl/N-ethyl adjacent to an activating group) is 1. The summed E-state index contributed by atoms with van der Waals surface area (Å²) >= 11 is 7.52. The summed E-state index contributed by atoms with van der Waals surface area (Å²) in [5.74, 6) is 1.22. The molecular formula is C13H17Cl2N3O2S. The molecule has 2 amide bonds. The van der Waals surface area contributed by atoms with E-state index in [1.165, 1.54) is 4.90 Å². The van der Waals surface area contributed by atoms with Crippen molar-refractivity contribution in [1.29, 1.82) is 0 Å². The summed E-state index contributed by atoms with van der Waals surface area (Å²) in [5.41, 5.74) is 0.623. The second-order valence-corrected chi connectivity index (χ2v) is 5.99.